The zero-order valence-corrected chi connectivity index (χ0v) is 24.6. The number of hydrogen-bond donors (Lipinski definition) is 0. The maximum atomic E-state index is 14.1. The molecule has 42 heavy (non-hydrogen) atoms. The van der Waals surface area contributed by atoms with E-state index in [9.17, 15) is 18.4 Å². The minimum Gasteiger partial charge on any atom is -0.337 e. The molecule has 2 aromatic carbocycles. The van der Waals surface area contributed by atoms with E-state index in [0.717, 1.165) is 29.3 Å². The standard InChI is InChI=1S/C32H33F2N5O2S/c1-3-38(42-27-14-23(16-35)31(34)29(33)15-27)20-30(40)39(26-11-12-28-24(13-26)18-37(2)32(28)41)19-25-10-9-22(17-36-25)21-7-5-4-6-8-21/h9-15,17,21H,3-8,18-20H2,1-2H3. The average molecular weight is 590 g/mol. The summed E-state index contributed by atoms with van der Waals surface area (Å²) in [5, 5.41) is 9.16. The monoisotopic (exact) mass is 589 g/mol. The number of amides is 2. The van der Waals surface area contributed by atoms with E-state index in [0.29, 0.717) is 35.2 Å². The lowest BCUT2D eigenvalue weighted by Crippen LogP contribution is -2.38. The molecule has 2 heterocycles. The first-order valence-corrected chi connectivity index (χ1v) is 15.0. The molecule has 0 unspecified atom stereocenters. The summed E-state index contributed by atoms with van der Waals surface area (Å²) < 4.78 is 29.7. The number of aromatic nitrogens is 1. The highest BCUT2D eigenvalue weighted by Gasteiger charge is 2.27. The van der Waals surface area contributed by atoms with Gasteiger partial charge in [-0.2, -0.15) is 5.26 Å². The molecule has 3 aromatic rings. The molecule has 1 saturated carbocycles. The highest BCUT2D eigenvalue weighted by atomic mass is 32.2. The summed E-state index contributed by atoms with van der Waals surface area (Å²) in [5.74, 6) is -2.04. The zero-order valence-electron chi connectivity index (χ0n) is 23.8. The van der Waals surface area contributed by atoms with Crippen LogP contribution < -0.4 is 4.90 Å². The van der Waals surface area contributed by atoms with Crippen molar-refractivity contribution >= 4 is 29.4 Å². The number of hydrogen-bond acceptors (Lipinski definition) is 6. The lowest BCUT2D eigenvalue weighted by molar-refractivity contribution is -0.118. The van der Waals surface area contributed by atoms with E-state index in [4.69, 9.17) is 10.2 Å². The van der Waals surface area contributed by atoms with Crippen molar-refractivity contribution in [2.24, 2.45) is 0 Å². The second kappa shape index (κ2) is 13.0. The second-order valence-corrected chi connectivity index (χ2v) is 12.0. The van der Waals surface area contributed by atoms with Crippen LogP contribution in [-0.4, -0.2) is 46.1 Å². The van der Waals surface area contributed by atoms with Crippen LogP contribution in [0.2, 0.25) is 0 Å². The van der Waals surface area contributed by atoms with Crippen LogP contribution in [0, 0.1) is 23.0 Å². The molecule has 7 nitrogen and oxygen atoms in total. The molecule has 2 aliphatic rings. The number of carbonyl (C=O) groups is 2. The zero-order chi connectivity index (χ0) is 29.8. The Bertz CT molecular complexity index is 1520. The molecular weight excluding hydrogens is 556 g/mol. The normalized spacial score (nSPS) is 15.1. The van der Waals surface area contributed by atoms with Crippen molar-refractivity contribution < 1.29 is 18.4 Å². The number of anilines is 1. The van der Waals surface area contributed by atoms with Crippen LogP contribution in [0.15, 0.2) is 53.6 Å². The number of nitriles is 1. The quantitative estimate of drug-likeness (QED) is 0.268. The molecule has 1 aliphatic carbocycles. The van der Waals surface area contributed by atoms with Gasteiger partial charge in [0.15, 0.2) is 11.6 Å². The van der Waals surface area contributed by atoms with E-state index in [2.05, 4.69) is 6.07 Å². The topological polar surface area (TPSA) is 80.5 Å². The summed E-state index contributed by atoms with van der Waals surface area (Å²) in [6.07, 6.45) is 8.02. The molecule has 2 amide bonds. The average Bonchev–Trinajstić information content (AvgIpc) is 3.29. The SMILES string of the molecule is CCN(CC(=O)N(Cc1ccc(C2CCCCC2)cn1)c1ccc2c(c1)CN(C)C2=O)Sc1cc(F)c(F)c(C#N)c1. The number of benzene rings is 2. The van der Waals surface area contributed by atoms with Gasteiger partial charge in [-0.1, -0.05) is 32.3 Å². The van der Waals surface area contributed by atoms with Crippen molar-refractivity contribution in [1.29, 1.82) is 5.26 Å². The third kappa shape index (κ3) is 6.48. The molecule has 0 N–H and O–H groups in total. The molecule has 5 rings (SSSR count). The van der Waals surface area contributed by atoms with Crippen molar-refractivity contribution in [3.8, 4) is 6.07 Å². The number of pyridine rings is 1. The summed E-state index contributed by atoms with van der Waals surface area (Å²) in [5.41, 5.74) is 3.72. The first-order valence-electron chi connectivity index (χ1n) is 14.2. The van der Waals surface area contributed by atoms with Gasteiger partial charge in [0.2, 0.25) is 5.91 Å². The van der Waals surface area contributed by atoms with Gasteiger partial charge in [-0.15, -0.1) is 0 Å². The van der Waals surface area contributed by atoms with Crippen molar-refractivity contribution in [2.45, 2.75) is 62.9 Å². The molecule has 0 radical (unpaired) electrons. The van der Waals surface area contributed by atoms with E-state index >= 15 is 0 Å². The predicted octanol–water partition coefficient (Wildman–Crippen LogP) is 6.43. The Balaban J connectivity index is 1.39. The molecule has 218 valence electrons. The van der Waals surface area contributed by atoms with Gasteiger partial charge in [-0.3, -0.25) is 14.6 Å². The van der Waals surface area contributed by atoms with Gasteiger partial charge in [0.25, 0.3) is 5.91 Å². The first kappa shape index (κ1) is 29.7. The number of likely N-dealkylation sites (N-methyl/N-ethyl adjacent to an activating group) is 1. The minimum absolute atomic E-state index is 0.0296. The highest BCUT2D eigenvalue weighted by Crippen LogP contribution is 2.33. The fourth-order valence-corrected chi connectivity index (χ4v) is 6.53. The fraction of sp³-hybridized carbons (Fsp3) is 0.375. The summed E-state index contributed by atoms with van der Waals surface area (Å²) in [6.45, 7) is 2.96. The van der Waals surface area contributed by atoms with Gasteiger partial charge in [0, 0.05) is 42.5 Å². The van der Waals surface area contributed by atoms with Crippen molar-refractivity contribution in [3.63, 3.8) is 0 Å². The molecule has 1 aliphatic heterocycles. The summed E-state index contributed by atoms with van der Waals surface area (Å²) in [4.78, 5) is 34.7. The third-order valence-electron chi connectivity index (χ3n) is 7.95. The Morgan fingerprint density at radius 3 is 2.62 bits per heavy atom. The fourth-order valence-electron chi connectivity index (χ4n) is 5.60. The van der Waals surface area contributed by atoms with Crippen molar-refractivity contribution in [2.75, 3.05) is 25.0 Å². The van der Waals surface area contributed by atoms with E-state index in [1.165, 1.54) is 43.7 Å². The number of rotatable bonds is 9. The predicted molar refractivity (Wildman–Crippen MR) is 158 cm³/mol. The van der Waals surface area contributed by atoms with E-state index in [1.807, 2.05) is 25.3 Å². The number of carbonyl (C=O) groups excluding carboxylic acids is 2. The highest BCUT2D eigenvalue weighted by molar-refractivity contribution is 7.97. The van der Waals surface area contributed by atoms with Gasteiger partial charge < -0.3 is 9.80 Å². The molecule has 1 aromatic heterocycles. The maximum Gasteiger partial charge on any atom is 0.254 e. The second-order valence-electron chi connectivity index (χ2n) is 10.8. The summed E-state index contributed by atoms with van der Waals surface area (Å²) >= 11 is 1.09. The van der Waals surface area contributed by atoms with Crippen LogP contribution in [0.25, 0.3) is 0 Å². The molecular formula is C32H33F2N5O2S. The number of fused-ring (bicyclic) bond motifs is 1. The van der Waals surface area contributed by atoms with Crippen molar-refractivity contribution in [1.82, 2.24) is 14.2 Å². The molecule has 0 bridgehead atoms. The maximum absolute atomic E-state index is 14.1. The number of halogens is 2. The van der Waals surface area contributed by atoms with Crippen LogP contribution in [0.3, 0.4) is 0 Å². The van der Waals surface area contributed by atoms with Gasteiger partial charge >= 0.3 is 0 Å². The number of nitrogens with zero attached hydrogens (tertiary/aromatic N) is 5. The van der Waals surface area contributed by atoms with E-state index in [-0.39, 0.29) is 30.5 Å². The Morgan fingerprint density at radius 1 is 1.14 bits per heavy atom. The van der Waals surface area contributed by atoms with Crippen LogP contribution in [0.4, 0.5) is 14.5 Å². The van der Waals surface area contributed by atoms with Crippen LogP contribution in [0.1, 0.15) is 77.7 Å². The largest absolute Gasteiger partial charge is 0.337 e. The molecule has 10 heteroatoms. The Morgan fingerprint density at radius 2 is 1.93 bits per heavy atom. The van der Waals surface area contributed by atoms with Crippen molar-refractivity contribution in [3.05, 3.63) is 88.2 Å². The van der Waals surface area contributed by atoms with Crippen LogP contribution >= 0.6 is 11.9 Å². The Labute approximate surface area is 249 Å². The van der Waals surface area contributed by atoms with Gasteiger partial charge in [-0.05, 0) is 78.2 Å². The first-order chi connectivity index (χ1) is 20.3. The van der Waals surface area contributed by atoms with Crippen LogP contribution in [0.5, 0.6) is 0 Å². The molecule has 0 atom stereocenters. The summed E-state index contributed by atoms with van der Waals surface area (Å²) in [6, 6.07) is 13.5. The van der Waals surface area contributed by atoms with E-state index in [1.54, 1.807) is 39.4 Å². The molecule has 0 saturated heterocycles. The van der Waals surface area contributed by atoms with Gasteiger partial charge in [-0.25, -0.2) is 13.1 Å². The Hall–Kier alpha value is -3.81. The molecule has 1 fully saturated rings. The lowest BCUT2D eigenvalue weighted by Gasteiger charge is -2.27. The third-order valence-corrected chi connectivity index (χ3v) is 9.04. The van der Waals surface area contributed by atoms with Crippen LogP contribution in [-0.2, 0) is 17.9 Å². The van der Waals surface area contributed by atoms with Gasteiger partial charge in [0.05, 0.1) is 24.3 Å². The van der Waals surface area contributed by atoms with Gasteiger partial charge in [0.1, 0.15) is 6.07 Å². The lowest BCUT2D eigenvalue weighted by atomic mass is 9.85. The van der Waals surface area contributed by atoms with E-state index < -0.39 is 11.6 Å². The Kier molecular flexibility index (Phi) is 9.19. The smallest absolute Gasteiger partial charge is 0.254 e. The minimum atomic E-state index is -1.19. The molecule has 0 spiro atoms. The summed E-state index contributed by atoms with van der Waals surface area (Å²) in [7, 11) is 1.75.